The van der Waals surface area contributed by atoms with Gasteiger partial charge in [-0.05, 0) is 5.92 Å². The standard InChI is InChI=1S/C9H20N2O3S2/c1-4-11-16(13,14)6-5-10-9(12)8(15)7(2)3/h7-8,11,15H,4-6H2,1-3H3,(H,10,12). The van der Waals surface area contributed by atoms with Crippen LogP contribution in [-0.2, 0) is 14.8 Å². The summed E-state index contributed by atoms with van der Waals surface area (Å²) in [6.07, 6.45) is 0. The van der Waals surface area contributed by atoms with E-state index < -0.39 is 15.3 Å². The van der Waals surface area contributed by atoms with E-state index in [2.05, 4.69) is 22.7 Å². The molecule has 0 aromatic heterocycles. The van der Waals surface area contributed by atoms with Crippen molar-refractivity contribution in [2.45, 2.75) is 26.0 Å². The summed E-state index contributed by atoms with van der Waals surface area (Å²) in [5.74, 6) is -0.218. The molecule has 0 heterocycles. The van der Waals surface area contributed by atoms with Gasteiger partial charge < -0.3 is 5.32 Å². The predicted octanol–water partition coefficient (Wildman–Crippen LogP) is -0.00370. The zero-order valence-electron chi connectivity index (χ0n) is 9.86. The lowest BCUT2D eigenvalue weighted by atomic mass is 10.1. The van der Waals surface area contributed by atoms with Gasteiger partial charge in [0, 0.05) is 13.1 Å². The van der Waals surface area contributed by atoms with E-state index in [0.29, 0.717) is 6.54 Å². The zero-order valence-corrected chi connectivity index (χ0v) is 11.6. The molecule has 7 heteroatoms. The van der Waals surface area contributed by atoms with Crippen molar-refractivity contribution >= 4 is 28.6 Å². The fraction of sp³-hybridized carbons (Fsp3) is 0.889. The van der Waals surface area contributed by atoms with Crippen molar-refractivity contribution in [1.82, 2.24) is 10.0 Å². The van der Waals surface area contributed by atoms with Crippen molar-refractivity contribution in [2.24, 2.45) is 5.92 Å². The van der Waals surface area contributed by atoms with Crippen LogP contribution in [0.15, 0.2) is 0 Å². The molecule has 0 saturated heterocycles. The van der Waals surface area contributed by atoms with Crippen LogP contribution in [0.4, 0.5) is 0 Å². The first-order chi connectivity index (χ1) is 7.30. The van der Waals surface area contributed by atoms with Crippen LogP contribution in [0.1, 0.15) is 20.8 Å². The molecule has 0 aromatic carbocycles. The second-order valence-corrected chi connectivity index (χ2v) is 6.28. The fourth-order valence-corrected chi connectivity index (χ4v) is 2.05. The largest absolute Gasteiger partial charge is 0.354 e. The highest BCUT2D eigenvalue weighted by atomic mass is 32.2. The Bertz CT molecular complexity index is 315. The Morgan fingerprint density at radius 3 is 2.38 bits per heavy atom. The van der Waals surface area contributed by atoms with Gasteiger partial charge in [0.1, 0.15) is 0 Å². The Morgan fingerprint density at radius 2 is 1.94 bits per heavy atom. The molecule has 0 rings (SSSR count). The van der Waals surface area contributed by atoms with Gasteiger partial charge in [-0.2, -0.15) is 12.6 Å². The summed E-state index contributed by atoms with van der Waals surface area (Å²) in [4.78, 5) is 11.4. The minimum atomic E-state index is -3.26. The number of hydrogen-bond donors (Lipinski definition) is 3. The summed E-state index contributed by atoms with van der Waals surface area (Å²) in [5, 5.41) is 2.14. The molecule has 96 valence electrons. The molecule has 0 aliphatic rings. The molecule has 0 saturated carbocycles. The Morgan fingerprint density at radius 1 is 1.38 bits per heavy atom. The van der Waals surface area contributed by atoms with Crippen LogP contribution in [0.25, 0.3) is 0 Å². The molecule has 1 unspecified atom stereocenters. The van der Waals surface area contributed by atoms with Crippen LogP contribution >= 0.6 is 12.6 Å². The highest BCUT2D eigenvalue weighted by molar-refractivity contribution is 7.89. The molecule has 0 aliphatic carbocycles. The zero-order chi connectivity index (χ0) is 12.8. The molecule has 0 bridgehead atoms. The van der Waals surface area contributed by atoms with Gasteiger partial charge in [0.05, 0.1) is 11.0 Å². The summed E-state index contributed by atoms with van der Waals surface area (Å²) in [7, 11) is -3.26. The SMILES string of the molecule is CCNS(=O)(=O)CCNC(=O)C(S)C(C)C. The van der Waals surface area contributed by atoms with Crippen LogP contribution in [0.5, 0.6) is 0 Å². The van der Waals surface area contributed by atoms with Crippen molar-refractivity contribution < 1.29 is 13.2 Å². The predicted molar refractivity (Wildman–Crippen MR) is 68.1 cm³/mol. The molecule has 0 aromatic rings. The molecule has 1 amide bonds. The number of sulfonamides is 1. The maximum atomic E-state index is 11.4. The summed E-state index contributed by atoms with van der Waals surface area (Å²) in [6, 6.07) is 0. The number of nitrogens with one attached hydrogen (secondary N) is 2. The van der Waals surface area contributed by atoms with Crippen LogP contribution in [0.2, 0.25) is 0 Å². The molecule has 0 radical (unpaired) electrons. The molecule has 0 spiro atoms. The van der Waals surface area contributed by atoms with E-state index in [4.69, 9.17) is 0 Å². The summed E-state index contributed by atoms with van der Waals surface area (Å²) in [6.45, 7) is 5.94. The summed E-state index contributed by atoms with van der Waals surface area (Å²) < 4.78 is 24.8. The second kappa shape index (κ2) is 7.13. The van der Waals surface area contributed by atoms with Gasteiger partial charge in [0.15, 0.2) is 0 Å². The Kier molecular flexibility index (Phi) is 7.01. The van der Waals surface area contributed by atoms with Crippen molar-refractivity contribution in [3.63, 3.8) is 0 Å². The van der Waals surface area contributed by atoms with Crippen LogP contribution in [0.3, 0.4) is 0 Å². The third kappa shape index (κ3) is 6.34. The monoisotopic (exact) mass is 268 g/mol. The average molecular weight is 268 g/mol. The van der Waals surface area contributed by atoms with Gasteiger partial charge in [-0.1, -0.05) is 20.8 Å². The Balaban J connectivity index is 3.96. The number of amides is 1. The van der Waals surface area contributed by atoms with E-state index >= 15 is 0 Å². The first-order valence-electron chi connectivity index (χ1n) is 5.23. The van der Waals surface area contributed by atoms with Crippen molar-refractivity contribution in [3.8, 4) is 0 Å². The number of rotatable bonds is 7. The van der Waals surface area contributed by atoms with Gasteiger partial charge in [-0.3, -0.25) is 4.79 Å². The van der Waals surface area contributed by atoms with Crippen molar-refractivity contribution in [2.75, 3.05) is 18.8 Å². The number of carbonyl (C=O) groups excluding carboxylic acids is 1. The van der Waals surface area contributed by atoms with Gasteiger partial charge >= 0.3 is 0 Å². The van der Waals surface area contributed by atoms with E-state index in [1.807, 2.05) is 13.8 Å². The minimum absolute atomic E-state index is 0.106. The quantitative estimate of drug-likeness (QED) is 0.569. The summed E-state index contributed by atoms with van der Waals surface area (Å²) >= 11 is 4.13. The minimum Gasteiger partial charge on any atom is -0.354 e. The molecule has 5 nitrogen and oxygen atoms in total. The van der Waals surface area contributed by atoms with Crippen LogP contribution in [0, 0.1) is 5.92 Å². The van der Waals surface area contributed by atoms with E-state index in [-0.39, 0.29) is 24.1 Å². The number of carbonyl (C=O) groups is 1. The molecule has 16 heavy (non-hydrogen) atoms. The average Bonchev–Trinajstić information content (AvgIpc) is 2.15. The first-order valence-corrected chi connectivity index (χ1v) is 7.40. The molecule has 1 atom stereocenters. The highest BCUT2D eigenvalue weighted by Gasteiger charge is 2.17. The van der Waals surface area contributed by atoms with E-state index in [1.54, 1.807) is 6.92 Å². The maximum absolute atomic E-state index is 11.4. The lowest BCUT2D eigenvalue weighted by Gasteiger charge is -2.14. The smallest absolute Gasteiger partial charge is 0.233 e. The Labute approximate surface area is 103 Å². The topological polar surface area (TPSA) is 75.3 Å². The Hall–Kier alpha value is -0.270. The third-order valence-corrected chi connectivity index (χ3v) is 4.24. The molecular weight excluding hydrogens is 248 g/mol. The fourth-order valence-electron chi connectivity index (χ4n) is 1.01. The molecule has 2 N–H and O–H groups in total. The van der Waals surface area contributed by atoms with E-state index in [0.717, 1.165) is 0 Å². The van der Waals surface area contributed by atoms with Crippen molar-refractivity contribution in [1.29, 1.82) is 0 Å². The molecular formula is C9H20N2O3S2. The third-order valence-electron chi connectivity index (χ3n) is 1.93. The maximum Gasteiger partial charge on any atom is 0.233 e. The van der Waals surface area contributed by atoms with E-state index in [1.165, 1.54) is 0 Å². The van der Waals surface area contributed by atoms with Gasteiger partial charge in [-0.25, -0.2) is 13.1 Å². The molecule has 0 aliphatic heterocycles. The lowest BCUT2D eigenvalue weighted by Crippen LogP contribution is -2.39. The number of thiol groups is 1. The van der Waals surface area contributed by atoms with Crippen molar-refractivity contribution in [3.05, 3.63) is 0 Å². The number of hydrogen-bond acceptors (Lipinski definition) is 4. The van der Waals surface area contributed by atoms with Crippen LogP contribution in [-0.4, -0.2) is 38.4 Å². The first kappa shape index (κ1) is 15.7. The van der Waals surface area contributed by atoms with Gasteiger partial charge in [0.2, 0.25) is 15.9 Å². The molecule has 0 fully saturated rings. The van der Waals surface area contributed by atoms with E-state index in [9.17, 15) is 13.2 Å². The lowest BCUT2D eigenvalue weighted by molar-refractivity contribution is -0.121. The van der Waals surface area contributed by atoms with Crippen LogP contribution < -0.4 is 10.0 Å². The van der Waals surface area contributed by atoms with Gasteiger partial charge in [-0.15, -0.1) is 0 Å². The second-order valence-electron chi connectivity index (χ2n) is 3.80. The normalized spacial score (nSPS) is 13.8. The summed E-state index contributed by atoms with van der Waals surface area (Å²) in [5.41, 5.74) is 0. The highest BCUT2D eigenvalue weighted by Crippen LogP contribution is 2.08. The van der Waals surface area contributed by atoms with Gasteiger partial charge in [0.25, 0.3) is 0 Å².